The van der Waals surface area contributed by atoms with Crippen molar-refractivity contribution in [3.8, 4) is 11.5 Å². The molecule has 1 atom stereocenters. The number of benzene rings is 2. The molecule has 6 heteroatoms. The largest absolute Gasteiger partial charge is 0.497 e. The van der Waals surface area contributed by atoms with Crippen LogP contribution in [0.15, 0.2) is 48.5 Å². The number of hydrogen-bond donors (Lipinski definition) is 1. The summed E-state index contributed by atoms with van der Waals surface area (Å²) in [6.45, 7) is 1.49. The summed E-state index contributed by atoms with van der Waals surface area (Å²) in [6, 6.07) is 14.0. The van der Waals surface area contributed by atoms with E-state index in [1.54, 1.807) is 43.5 Å². The van der Waals surface area contributed by atoms with Gasteiger partial charge in [0.2, 0.25) is 5.91 Å². The molecule has 1 unspecified atom stereocenters. The number of piperidine rings is 1. The highest BCUT2D eigenvalue weighted by atomic mass is 16.5. The molecule has 0 aromatic heterocycles. The molecule has 3 rings (SSSR count). The van der Waals surface area contributed by atoms with Gasteiger partial charge in [-0.15, -0.1) is 0 Å². The molecule has 0 bridgehead atoms. The van der Waals surface area contributed by atoms with Crippen molar-refractivity contribution in [3.05, 3.63) is 54.1 Å². The molecule has 1 amide bonds. The summed E-state index contributed by atoms with van der Waals surface area (Å²) in [5.41, 5.74) is 6.86. The van der Waals surface area contributed by atoms with E-state index in [0.29, 0.717) is 23.6 Å². The molecule has 1 aliphatic heterocycles. The van der Waals surface area contributed by atoms with Gasteiger partial charge >= 0.3 is 5.97 Å². The lowest BCUT2D eigenvalue weighted by atomic mass is 9.97. The van der Waals surface area contributed by atoms with Gasteiger partial charge in [-0.2, -0.15) is 0 Å². The maximum absolute atomic E-state index is 12.3. The maximum Gasteiger partial charge on any atom is 0.343 e. The third-order valence-corrected chi connectivity index (χ3v) is 4.56. The predicted octanol–water partition coefficient (Wildman–Crippen LogP) is 2.62. The van der Waals surface area contributed by atoms with Crippen molar-refractivity contribution in [1.82, 2.24) is 0 Å². The molecule has 0 spiro atoms. The van der Waals surface area contributed by atoms with E-state index in [0.717, 1.165) is 25.1 Å². The van der Waals surface area contributed by atoms with Crippen LogP contribution in [0.25, 0.3) is 0 Å². The number of ether oxygens (including phenoxy) is 2. The number of nitrogens with two attached hydrogens (primary N) is 1. The fraction of sp³-hybridized carbons (Fsp3) is 0.300. The summed E-state index contributed by atoms with van der Waals surface area (Å²) in [5.74, 6) is 0.360. The third-order valence-electron chi connectivity index (χ3n) is 4.56. The number of nitrogens with zero attached hydrogens (tertiary/aromatic N) is 1. The second kappa shape index (κ2) is 7.91. The zero-order chi connectivity index (χ0) is 18.5. The van der Waals surface area contributed by atoms with E-state index >= 15 is 0 Å². The van der Waals surface area contributed by atoms with Crippen LogP contribution in [0.2, 0.25) is 0 Å². The van der Waals surface area contributed by atoms with Crippen LogP contribution >= 0.6 is 0 Å². The SMILES string of the molecule is COc1ccc(OC(=O)c2ccc(N3CCCC(C(N)=O)C3)cc2)cc1. The van der Waals surface area contributed by atoms with Crippen LogP contribution in [-0.2, 0) is 4.79 Å². The van der Waals surface area contributed by atoms with Crippen LogP contribution in [0, 0.1) is 5.92 Å². The number of hydrogen-bond acceptors (Lipinski definition) is 5. The number of methoxy groups -OCH3 is 1. The number of anilines is 1. The summed E-state index contributed by atoms with van der Waals surface area (Å²) in [6.07, 6.45) is 1.76. The zero-order valence-corrected chi connectivity index (χ0v) is 14.7. The summed E-state index contributed by atoms with van der Waals surface area (Å²) in [4.78, 5) is 25.8. The van der Waals surface area contributed by atoms with Gasteiger partial charge in [0.05, 0.1) is 18.6 Å². The molecule has 6 nitrogen and oxygen atoms in total. The topological polar surface area (TPSA) is 81.9 Å². The first kappa shape index (κ1) is 17.8. The Morgan fingerprint density at radius 1 is 1.04 bits per heavy atom. The minimum atomic E-state index is -0.421. The number of esters is 1. The first-order valence-electron chi connectivity index (χ1n) is 8.57. The molecule has 2 aromatic rings. The molecule has 2 N–H and O–H groups in total. The van der Waals surface area contributed by atoms with Crippen LogP contribution in [0.4, 0.5) is 5.69 Å². The lowest BCUT2D eigenvalue weighted by molar-refractivity contribution is -0.122. The van der Waals surface area contributed by atoms with Crippen molar-refractivity contribution in [2.45, 2.75) is 12.8 Å². The molecule has 1 fully saturated rings. The highest BCUT2D eigenvalue weighted by Crippen LogP contribution is 2.24. The summed E-state index contributed by atoms with van der Waals surface area (Å²) >= 11 is 0. The van der Waals surface area contributed by atoms with Crippen molar-refractivity contribution in [1.29, 1.82) is 0 Å². The molecular weight excluding hydrogens is 332 g/mol. The van der Waals surface area contributed by atoms with Crippen LogP contribution < -0.4 is 20.1 Å². The van der Waals surface area contributed by atoms with E-state index in [9.17, 15) is 9.59 Å². The second-order valence-electron chi connectivity index (χ2n) is 6.30. The first-order valence-corrected chi connectivity index (χ1v) is 8.57. The zero-order valence-electron chi connectivity index (χ0n) is 14.7. The number of rotatable bonds is 5. The molecule has 1 heterocycles. The van der Waals surface area contributed by atoms with Gasteiger partial charge in [0.15, 0.2) is 0 Å². The van der Waals surface area contributed by atoms with Gasteiger partial charge < -0.3 is 20.1 Å². The van der Waals surface area contributed by atoms with Crippen LogP contribution in [-0.4, -0.2) is 32.1 Å². The summed E-state index contributed by atoms with van der Waals surface area (Å²) in [7, 11) is 1.58. The minimum Gasteiger partial charge on any atom is -0.497 e. The average Bonchev–Trinajstić information content (AvgIpc) is 2.68. The molecule has 2 aromatic carbocycles. The van der Waals surface area contributed by atoms with Crippen molar-refractivity contribution < 1.29 is 19.1 Å². The molecular formula is C20H22N2O4. The van der Waals surface area contributed by atoms with E-state index in [1.165, 1.54) is 0 Å². The maximum atomic E-state index is 12.3. The average molecular weight is 354 g/mol. The Labute approximate surface area is 152 Å². The highest BCUT2D eigenvalue weighted by molar-refractivity contribution is 5.91. The fourth-order valence-electron chi connectivity index (χ4n) is 3.06. The number of carbonyl (C=O) groups is 2. The Kier molecular flexibility index (Phi) is 5.41. The Morgan fingerprint density at radius 2 is 1.69 bits per heavy atom. The Bertz CT molecular complexity index is 771. The van der Waals surface area contributed by atoms with Crippen LogP contribution in [0.3, 0.4) is 0 Å². The van der Waals surface area contributed by atoms with Gasteiger partial charge in [-0.1, -0.05) is 0 Å². The predicted molar refractivity (Wildman–Crippen MR) is 98.5 cm³/mol. The van der Waals surface area contributed by atoms with Gasteiger partial charge in [-0.05, 0) is 61.4 Å². The molecule has 26 heavy (non-hydrogen) atoms. The molecule has 0 saturated carbocycles. The quantitative estimate of drug-likeness (QED) is 0.659. The molecule has 0 radical (unpaired) electrons. The van der Waals surface area contributed by atoms with Gasteiger partial charge in [-0.3, -0.25) is 4.79 Å². The van der Waals surface area contributed by atoms with Gasteiger partial charge in [0.1, 0.15) is 11.5 Å². The molecule has 136 valence electrons. The van der Waals surface area contributed by atoms with Gasteiger partial charge in [0, 0.05) is 18.8 Å². The number of amides is 1. The fourth-order valence-corrected chi connectivity index (χ4v) is 3.06. The van der Waals surface area contributed by atoms with Crippen molar-refractivity contribution in [3.63, 3.8) is 0 Å². The summed E-state index contributed by atoms with van der Waals surface area (Å²) < 4.78 is 10.4. The van der Waals surface area contributed by atoms with Gasteiger partial charge in [0.25, 0.3) is 0 Å². The summed E-state index contributed by atoms with van der Waals surface area (Å²) in [5, 5.41) is 0. The Hall–Kier alpha value is -3.02. The monoisotopic (exact) mass is 354 g/mol. The third kappa shape index (κ3) is 4.14. The second-order valence-corrected chi connectivity index (χ2v) is 6.30. The lowest BCUT2D eigenvalue weighted by Gasteiger charge is -2.33. The Balaban J connectivity index is 1.64. The van der Waals surface area contributed by atoms with E-state index in [4.69, 9.17) is 15.2 Å². The number of primary amides is 1. The van der Waals surface area contributed by atoms with E-state index in [2.05, 4.69) is 4.90 Å². The molecule has 1 aliphatic rings. The molecule has 1 saturated heterocycles. The van der Waals surface area contributed by atoms with E-state index in [-0.39, 0.29) is 11.8 Å². The van der Waals surface area contributed by atoms with Gasteiger partial charge in [-0.25, -0.2) is 4.79 Å². The minimum absolute atomic E-state index is 0.122. The standard InChI is InChI=1S/C20H22N2O4/c1-25-17-8-10-18(11-9-17)26-20(24)14-4-6-16(7-5-14)22-12-2-3-15(13-22)19(21)23/h4-11,15H,2-3,12-13H2,1H3,(H2,21,23). The number of carbonyl (C=O) groups excluding carboxylic acids is 2. The van der Waals surface area contributed by atoms with Crippen LogP contribution in [0.5, 0.6) is 11.5 Å². The normalized spacial score (nSPS) is 16.8. The van der Waals surface area contributed by atoms with E-state index in [1.807, 2.05) is 12.1 Å². The first-order chi connectivity index (χ1) is 12.6. The van der Waals surface area contributed by atoms with Crippen molar-refractivity contribution in [2.75, 3.05) is 25.1 Å². The smallest absolute Gasteiger partial charge is 0.343 e. The van der Waals surface area contributed by atoms with Crippen molar-refractivity contribution in [2.24, 2.45) is 11.7 Å². The lowest BCUT2D eigenvalue weighted by Crippen LogP contribution is -2.41. The van der Waals surface area contributed by atoms with Crippen LogP contribution in [0.1, 0.15) is 23.2 Å². The molecule has 0 aliphatic carbocycles. The van der Waals surface area contributed by atoms with E-state index < -0.39 is 5.97 Å². The highest BCUT2D eigenvalue weighted by Gasteiger charge is 2.24. The van der Waals surface area contributed by atoms with Crippen molar-refractivity contribution >= 4 is 17.6 Å². The Morgan fingerprint density at radius 3 is 2.31 bits per heavy atom.